The molecule has 4 aromatic rings. The number of nitrogens with two attached hydrogens (primary N) is 2. The molecule has 0 spiro atoms. The third kappa shape index (κ3) is 8.79. The molecule has 3 heterocycles. The van der Waals surface area contributed by atoms with Gasteiger partial charge in [0.05, 0.1) is 5.54 Å². The summed E-state index contributed by atoms with van der Waals surface area (Å²) in [6, 6.07) is 18.7. The second-order valence-electron chi connectivity index (χ2n) is 13.3. The molecule has 2 fully saturated rings. The molecule has 2 aliphatic heterocycles. The van der Waals surface area contributed by atoms with Gasteiger partial charge in [0.25, 0.3) is 0 Å². The Morgan fingerprint density at radius 3 is 2.36 bits per heavy atom. The number of carbonyl (C=O) groups is 1. The minimum Gasteiger partial charge on any atom is -0.406 e. The third-order valence-electron chi connectivity index (χ3n) is 9.80. The number of piperidine rings is 1. The quantitative estimate of drug-likeness (QED) is 0.149. The van der Waals surface area contributed by atoms with E-state index in [2.05, 4.69) is 54.0 Å². The number of aryl methyl sites for hydroxylation is 1. The minimum atomic E-state index is -4.80. The summed E-state index contributed by atoms with van der Waals surface area (Å²) in [6.45, 7) is 7.86. The number of benzene rings is 3. The zero-order valence-electron chi connectivity index (χ0n) is 28.1. The van der Waals surface area contributed by atoms with Gasteiger partial charge in [-0.1, -0.05) is 41.9 Å². The Labute approximate surface area is 295 Å². The lowest BCUT2D eigenvalue weighted by molar-refractivity contribution is -0.274. The highest BCUT2D eigenvalue weighted by Gasteiger charge is 2.35. The van der Waals surface area contributed by atoms with Crippen LogP contribution in [0.15, 0.2) is 66.9 Å². The number of hydrogen-bond donors (Lipinski definition) is 4. The number of piperazine rings is 1. The van der Waals surface area contributed by atoms with Crippen molar-refractivity contribution in [3.05, 3.63) is 88.6 Å². The van der Waals surface area contributed by atoms with E-state index in [9.17, 15) is 18.0 Å². The van der Waals surface area contributed by atoms with Crippen molar-refractivity contribution >= 4 is 28.4 Å². The predicted octanol–water partition coefficient (Wildman–Crippen LogP) is 5.22. The number of fused-ring (bicyclic) bond motifs is 1. The SMILES string of the molecule is NCc1cc(OC(F)(F)F)ccc1-c1cn(CCCNC(=O)C2(N)CCNCC2)c2ccc(CN3CCN(Cc4ccccc4Cl)CC3)cc12. The largest absolute Gasteiger partial charge is 0.573 e. The van der Waals surface area contributed by atoms with Crippen molar-refractivity contribution < 1.29 is 22.7 Å². The van der Waals surface area contributed by atoms with Gasteiger partial charge < -0.3 is 31.4 Å². The molecule has 2 saturated heterocycles. The van der Waals surface area contributed by atoms with Crippen molar-refractivity contribution in [2.45, 2.75) is 57.3 Å². The zero-order valence-corrected chi connectivity index (χ0v) is 28.8. The zero-order chi connectivity index (χ0) is 35.3. The highest BCUT2D eigenvalue weighted by Crippen LogP contribution is 2.36. The van der Waals surface area contributed by atoms with Crippen molar-refractivity contribution in [3.63, 3.8) is 0 Å². The fourth-order valence-electron chi connectivity index (χ4n) is 7.00. The molecule has 0 radical (unpaired) electrons. The van der Waals surface area contributed by atoms with Crippen LogP contribution in [0.25, 0.3) is 22.0 Å². The van der Waals surface area contributed by atoms with Crippen LogP contribution < -0.4 is 26.8 Å². The number of carbonyl (C=O) groups excluding carboxylic acids is 1. The van der Waals surface area contributed by atoms with Crippen molar-refractivity contribution in [1.82, 2.24) is 25.0 Å². The highest BCUT2D eigenvalue weighted by molar-refractivity contribution is 6.31. The summed E-state index contributed by atoms with van der Waals surface area (Å²) in [5, 5.41) is 8.04. The number of ether oxygens (including phenoxy) is 1. The van der Waals surface area contributed by atoms with E-state index in [4.69, 9.17) is 23.1 Å². The van der Waals surface area contributed by atoms with Crippen LogP contribution in [0.3, 0.4) is 0 Å². The Hall–Kier alpha value is -3.65. The lowest BCUT2D eigenvalue weighted by Crippen LogP contribution is -2.59. The molecular weight excluding hydrogens is 667 g/mol. The second-order valence-corrected chi connectivity index (χ2v) is 13.7. The molecule has 268 valence electrons. The van der Waals surface area contributed by atoms with Gasteiger partial charge in [-0.15, -0.1) is 13.2 Å². The summed E-state index contributed by atoms with van der Waals surface area (Å²) in [6.07, 6.45) is -0.904. The Kier molecular flexibility index (Phi) is 11.4. The van der Waals surface area contributed by atoms with E-state index in [1.165, 1.54) is 12.1 Å². The van der Waals surface area contributed by atoms with Gasteiger partial charge in [0.2, 0.25) is 5.91 Å². The predicted molar refractivity (Wildman–Crippen MR) is 191 cm³/mol. The molecule has 13 heteroatoms. The molecule has 0 aliphatic carbocycles. The summed E-state index contributed by atoms with van der Waals surface area (Å²) in [5.41, 5.74) is 17.1. The molecule has 6 N–H and O–H groups in total. The Balaban J connectivity index is 1.20. The van der Waals surface area contributed by atoms with Gasteiger partial charge in [0.15, 0.2) is 0 Å². The first-order valence-electron chi connectivity index (χ1n) is 17.2. The number of halogens is 4. The number of nitrogens with one attached hydrogen (secondary N) is 2. The van der Waals surface area contributed by atoms with Gasteiger partial charge in [0.1, 0.15) is 5.75 Å². The smallest absolute Gasteiger partial charge is 0.406 e. The van der Waals surface area contributed by atoms with E-state index < -0.39 is 11.9 Å². The number of nitrogens with zero attached hydrogens (tertiary/aromatic N) is 3. The lowest BCUT2D eigenvalue weighted by Gasteiger charge is -2.35. The van der Waals surface area contributed by atoms with Crippen molar-refractivity contribution in [2.75, 3.05) is 45.8 Å². The number of alkyl halides is 3. The first kappa shape index (κ1) is 36.2. The van der Waals surface area contributed by atoms with Gasteiger partial charge in [0, 0.05) is 86.6 Å². The molecule has 2 aliphatic rings. The number of rotatable bonds is 12. The molecule has 3 aromatic carbocycles. The maximum atomic E-state index is 13.0. The van der Waals surface area contributed by atoms with Crippen LogP contribution in [0.1, 0.15) is 36.0 Å². The normalized spacial score (nSPS) is 17.2. The van der Waals surface area contributed by atoms with Gasteiger partial charge >= 0.3 is 6.36 Å². The molecule has 6 rings (SSSR count). The topological polar surface area (TPSA) is 114 Å². The summed E-state index contributed by atoms with van der Waals surface area (Å²) in [4.78, 5) is 17.7. The second kappa shape index (κ2) is 15.7. The third-order valence-corrected chi connectivity index (χ3v) is 10.2. The van der Waals surface area contributed by atoms with Crippen LogP contribution in [0.2, 0.25) is 5.02 Å². The molecule has 0 unspecified atom stereocenters. The molecule has 1 amide bonds. The Morgan fingerprint density at radius 1 is 0.940 bits per heavy atom. The molecule has 0 atom stereocenters. The van der Waals surface area contributed by atoms with Crippen LogP contribution in [0, 0.1) is 0 Å². The molecule has 0 saturated carbocycles. The van der Waals surface area contributed by atoms with Gasteiger partial charge in [-0.3, -0.25) is 14.6 Å². The van der Waals surface area contributed by atoms with Gasteiger partial charge in [-0.25, -0.2) is 0 Å². The van der Waals surface area contributed by atoms with Crippen molar-refractivity contribution in [3.8, 4) is 16.9 Å². The fraction of sp³-hybridized carbons (Fsp3) is 0.432. The van der Waals surface area contributed by atoms with E-state index in [-0.39, 0.29) is 18.2 Å². The molecular formula is C37H45ClF3N7O2. The minimum absolute atomic E-state index is 0.0393. The van der Waals surface area contributed by atoms with E-state index in [0.29, 0.717) is 37.9 Å². The van der Waals surface area contributed by atoms with E-state index >= 15 is 0 Å². The van der Waals surface area contributed by atoms with Crippen LogP contribution in [0.4, 0.5) is 13.2 Å². The van der Waals surface area contributed by atoms with E-state index in [1.54, 1.807) is 6.07 Å². The number of aromatic nitrogens is 1. The van der Waals surface area contributed by atoms with Crippen LogP contribution >= 0.6 is 11.6 Å². The molecule has 50 heavy (non-hydrogen) atoms. The first-order chi connectivity index (χ1) is 24.0. The molecule has 0 bridgehead atoms. The highest BCUT2D eigenvalue weighted by atomic mass is 35.5. The summed E-state index contributed by atoms with van der Waals surface area (Å²) in [5.74, 6) is -0.429. The monoisotopic (exact) mass is 711 g/mol. The van der Waals surface area contributed by atoms with Gasteiger partial charge in [-0.05, 0) is 84.9 Å². The molecule has 9 nitrogen and oxygen atoms in total. The number of amides is 1. The fourth-order valence-corrected chi connectivity index (χ4v) is 7.20. The van der Waals surface area contributed by atoms with E-state index in [0.717, 1.165) is 90.5 Å². The van der Waals surface area contributed by atoms with Crippen LogP contribution in [0.5, 0.6) is 5.75 Å². The van der Waals surface area contributed by atoms with Crippen molar-refractivity contribution in [2.24, 2.45) is 11.5 Å². The van der Waals surface area contributed by atoms with Crippen molar-refractivity contribution in [1.29, 1.82) is 0 Å². The van der Waals surface area contributed by atoms with Crippen LogP contribution in [-0.4, -0.2) is 78.0 Å². The Bertz CT molecular complexity index is 1780. The van der Waals surface area contributed by atoms with Crippen LogP contribution in [-0.2, 0) is 31.0 Å². The summed E-state index contributed by atoms with van der Waals surface area (Å²) < 4.78 is 45.3. The number of hydrogen-bond acceptors (Lipinski definition) is 7. The molecule has 1 aromatic heterocycles. The lowest BCUT2D eigenvalue weighted by atomic mass is 9.88. The standard InChI is InChI=1S/C37H45ClF3N7O2/c38-33-5-2-1-4-27(33)24-47-18-16-46(17-19-47)23-26-6-9-34-31(20-26)32(30-8-7-29(21-28(30)22-42)50-37(39,40)41)25-48(34)15-3-12-45-35(49)36(43)10-13-44-14-11-36/h1-2,4-9,20-21,25,44H,3,10-19,22-24,42-43H2,(H,45,49). The maximum Gasteiger partial charge on any atom is 0.573 e. The summed E-state index contributed by atoms with van der Waals surface area (Å²) in [7, 11) is 0. The first-order valence-corrected chi connectivity index (χ1v) is 17.6. The summed E-state index contributed by atoms with van der Waals surface area (Å²) >= 11 is 6.40. The maximum absolute atomic E-state index is 13.0. The average Bonchev–Trinajstić information content (AvgIpc) is 3.45. The Morgan fingerprint density at radius 2 is 1.66 bits per heavy atom. The average molecular weight is 712 g/mol. The van der Waals surface area contributed by atoms with E-state index in [1.807, 2.05) is 24.4 Å². The van der Waals surface area contributed by atoms with Gasteiger partial charge in [-0.2, -0.15) is 0 Å².